The van der Waals surface area contributed by atoms with E-state index in [4.69, 9.17) is 4.74 Å². The minimum Gasteiger partial charge on any atom is -0.390 e. The molecule has 3 unspecified atom stereocenters. The molecule has 1 aliphatic heterocycles. The summed E-state index contributed by atoms with van der Waals surface area (Å²) in [6.07, 6.45) is 6.61. The standard InChI is InChI=1S/C12H24O2/c1-3-6-10(2)9-11(13)12-7-4-5-8-14-12/h10-13H,3-9H2,1-2H3. The normalized spacial score (nSPS) is 27.2. The molecule has 0 bridgehead atoms. The van der Waals surface area contributed by atoms with Crippen LogP contribution in [0.5, 0.6) is 0 Å². The summed E-state index contributed by atoms with van der Waals surface area (Å²) in [5.74, 6) is 0.625. The molecule has 0 saturated carbocycles. The average molecular weight is 200 g/mol. The predicted octanol–water partition coefficient (Wildman–Crippen LogP) is 2.74. The van der Waals surface area contributed by atoms with Gasteiger partial charge in [0.25, 0.3) is 0 Å². The van der Waals surface area contributed by atoms with Crippen LogP contribution < -0.4 is 0 Å². The van der Waals surface area contributed by atoms with Crippen LogP contribution in [-0.2, 0) is 4.74 Å². The van der Waals surface area contributed by atoms with Crippen molar-refractivity contribution in [2.24, 2.45) is 5.92 Å². The zero-order valence-corrected chi connectivity index (χ0v) is 9.54. The largest absolute Gasteiger partial charge is 0.390 e. The Morgan fingerprint density at radius 3 is 2.79 bits per heavy atom. The molecule has 1 saturated heterocycles. The number of hydrogen-bond donors (Lipinski definition) is 1. The fourth-order valence-corrected chi connectivity index (χ4v) is 2.24. The van der Waals surface area contributed by atoms with E-state index in [0.717, 1.165) is 25.9 Å². The van der Waals surface area contributed by atoms with E-state index in [2.05, 4.69) is 13.8 Å². The van der Waals surface area contributed by atoms with Crippen LogP contribution in [0.25, 0.3) is 0 Å². The Balaban J connectivity index is 2.21. The van der Waals surface area contributed by atoms with Gasteiger partial charge in [-0.05, 0) is 31.6 Å². The molecule has 0 amide bonds. The third kappa shape index (κ3) is 3.97. The summed E-state index contributed by atoms with van der Waals surface area (Å²) in [7, 11) is 0. The molecule has 0 aromatic rings. The molecular formula is C12H24O2. The van der Waals surface area contributed by atoms with Crippen LogP contribution in [-0.4, -0.2) is 23.9 Å². The quantitative estimate of drug-likeness (QED) is 0.739. The van der Waals surface area contributed by atoms with E-state index in [1.165, 1.54) is 19.3 Å². The minimum atomic E-state index is -0.239. The Hall–Kier alpha value is -0.0800. The van der Waals surface area contributed by atoms with Gasteiger partial charge in [0, 0.05) is 6.61 Å². The lowest BCUT2D eigenvalue weighted by molar-refractivity contribution is -0.0687. The molecule has 1 aliphatic rings. The molecule has 84 valence electrons. The molecule has 2 heteroatoms. The van der Waals surface area contributed by atoms with Crippen molar-refractivity contribution < 1.29 is 9.84 Å². The van der Waals surface area contributed by atoms with Gasteiger partial charge in [0.2, 0.25) is 0 Å². The molecule has 0 aromatic carbocycles. The van der Waals surface area contributed by atoms with Crippen molar-refractivity contribution in [3.05, 3.63) is 0 Å². The van der Waals surface area contributed by atoms with Crippen molar-refractivity contribution in [3.63, 3.8) is 0 Å². The minimum absolute atomic E-state index is 0.114. The van der Waals surface area contributed by atoms with Crippen LogP contribution in [0.3, 0.4) is 0 Å². The van der Waals surface area contributed by atoms with E-state index >= 15 is 0 Å². The highest BCUT2D eigenvalue weighted by Crippen LogP contribution is 2.21. The molecule has 0 aliphatic carbocycles. The lowest BCUT2D eigenvalue weighted by atomic mass is 9.93. The monoisotopic (exact) mass is 200 g/mol. The summed E-state index contributed by atoms with van der Waals surface area (Å²) < 4.78 is 5.57. The number of hydrogen-bond acceptors (Lipinski definition) is 2. The van der Waals surface area contributed by atoms with Crippen molar-refractivity contribution >= 4 is 0 Å². The molecule has 2 nitrogen and oxygen atoms in total. The zero-order chi connectivity index (χ0) is 10.4. The molecule has 1 fully saturated rings. The van der Waals surface area contributed by atoms with E-state index in [1.807, 2.05) is 0 Å². The fraction of sp³-hybridized carbons (Fsp3) is 1.00. The van der Waals surface area contributed by atoms with Gasteiger partial charge in [-0.15, -0.1) is 0 Å². The third-order valence-corrected chi connectivity index (χ3v) is 3.07. The van der Waals surface area contributed by atoms with Crippen LogP contribution in [0.4, 0.5) is 0 Å². The van der Waals surface area contributed by atoms with Crippen molar-refractivity contribution in [2.45, 2.75) is 64.6 Å². The van der Waals surface area contributed by atoms with E-state index in [-0.39, 0.29) is 12.2 Å². The first-order chi connectivity index (χ1) is 6.74. The highest BCUT2D eigenvalue weighted by Gasteiger charge is 2.23. The molecule has 1 rings (SSSR count). The van der Waals surface area contributed by atoms with Gasteiger partial charge in [-0.1, -0.05) is 26.7 Å². The maximum atomic E-state index is 9.95. The molecular weight excluding hydrogens is 176 g/mol. The third-order valence-electron chi connectivity index (χ3n) is 3.07. The van der Waals surface area contributed by atoms with Gasteiger partial charge >= 0.3 is 0 Å². The van der Waals surface area contributed by atoms with Crippen molar-refractivity contribution in [1.82, 2.24) is 0 Å². The molecule has 0 radical (unpaired) electrons. The van der Waals surface area contributed by atoms with Gasteiger partial charge in [0.1, 0.15) is 0 Å². The Bertz CT molecular complexity index is 141. The fourth-order valence-electron chi connectivity index (χ4n) is 2.24. The Kier molecular flexibility index (Phi) is 5.49. The Morgan fingerprint density at radius 2 is 2.21 bits per heavy atom. The second-order valence-corrected chi connectivity index (χ2v) is 4.60. The smallest absolute Gasteiger partial charge is 0.0834 e. The molecule has 1 heterocycles. The molecule has 0 aromatic heterocycles. The molecule has 14 heavy (non-hydrogen) atoms. The maximum Gasteiger partial charge on any atom is 0.0834 e. The van der Waals surface area contributed by atoms with E-state index in [1.54, 1.807) is 0 Å². The second-order valence-electron chi connectivity index (χ2n) is 4.60. The van der Waals surface area contributed by atoms with Crippen molar-refractivity contribution in [1.29, 1.82) is 0 Å². The topological polar surface area (TPSA) is 29.5 Å². The van der Waals surface area contributed by atoms with Gasteiger partial charge in [-0.2, -0.15) is 0 Å². The van der Waals surface area contributed by atoms with Gasteiger partial charge in [-0.25, -0.2) is 0 Å². The van der Waals surface area contributed by atoms with Crippen LogP contribution in [0.1, 0.15) is 52.4 Å². The van der Waals surface area contributed by atoms with E-state index < -0.39 is 0 Å². The van der Waals surface area contributed by atoms with E-state index in [9.17, 15) is 5.11 Å². The summed E-state index contributed by atoms with van der Waals surface area (Å²) in [6.45, 7) is 5.25. The lowest BCUT2D eigenvalue weighted by Crippen LogP contribution is -2.33. The summed E-state index contributed by atoms with van der Waals surface area (Å²) >= 11 is 0. The first-order valence-electron chi connectivity index (χ1n) is 6.03. The summed E-state index contributed by atoms with van der Waals surface area (Å²) in [4.78, 5) is 0. The summed E-state index contributed by atoms with van der Waals surface area (Å²) in [6, 6.07) is 0. The lowest BCUT2D eigenvalue weighted by Gasteiger charge is -2.28. The van der Waals surface area contributed by atoms with Crippen LogP contribution in [0.2, 0.25) is 0 Å². The van der Waals surface area contributed by atoms with Gasteiger partial charge < -0.3 is 9.84 Å². The zero-order valence-electron chi connectivity index (χ0n) is 9.54. The SMILES string of the molecule is CCCC(C)CC(O)C1CCCCO1. The van der Waals surface area contributed by atoms with E-state index in [0.29, 0.717) is 5.92 Å². The van der Waals surface area contributed by atoms with Crippen LogP contribution in [0.15, 0.2) is 0 Å². The van der Waals surface area contributed by atoms with Gasteiger partial charge in [0.05, 0.1) is 12.2 Å². The first-order valence-corrected chi connectivity index (χ1v) is 6.03. The Morgan fingerprint density at radius 1 is 1.43 bits per heavy atom. The van der Waals surface area contributed by atoms with Gasteiger partial charge in [-0.3, -0.25) is 0 Å². The Labute approximate surface area is 87.7 Å². The highest BCUT2D eigenvalue weighted by molar-refractivity contribution is 4.74. The molecule has 3 atom stereocenters. The number of ether oxygens (including phenoxy) is 1. The first kappa shape index (κ1) is 12.0. The summed E-state index contributed by atoms with van der Waals surface area (Å²) in [5, 5.41) is 9.95. The number of aliphatic hydroxyl groups excluding tert-OH is 1. The van der Waals surface area contributed by atoms with Crippen LogP contribution in [0, 0.1) is 5.92 Å². The van der Waals surface area contributed by atoms with Gasteiger partial charge in [0.15, 0.2) is 0 Å². The average Bonchev–Trinajstić information content (AvgIpc) is 2.19. The molecule has 1 N–H and O–H groups in total. The molecule has 0 spiro atoms. The second kappa shape index (κ2) is 6.41. The maximum absolute atomic E-state index is 9.95. The van der Waals surface area contributed by atoms with Crippen molar-refractivity contribution in [3.8, 4) is 0 Å². The highest BCUT2D eigenvalue weighted by atomic mass is 16.5. The predicted molar refractivity (Wildman–Crippen MR) is 58.3 cm³/mol. The van der Waals surface area contributed by atoms with Crippen LogP contribution >= 0.6 is 0 Å². The van der Waals surface area contributed by atoms with Crippen molar-refractivity contribution in [2.75, 3.05) is 6.61 Å². The summed E-state index contributed by atoms with van der Waals surface area (Å²) in [5.41, 5.74) is 0. The number of aliphatic hydroxyl groups is 1. The number of rotatable bonds is 5.